The Morgan fingerprint density at radius 1 is 1.31 bits per heavy atom. The van der Waals surface area contributed by atoms with Crippen molar-refractivity contribution in [2.75, 3.05) is 6.54 Å². The Balaban J connectivity index is 1.98. The highest BCUT2D eigenvalue weighted by Crippen LogP contribution is 2.33. The van der Waals surface area contributed by atoms with Gasteiger partial charge in [0.25, 0.3) is 0 Å². The maximum atomic E-state index is 9.70. The zero-order chi connectivity index (χ0) is 11.5. The third-order valence-corrected chi connectivity index (χ3v) is 3.43. The molecular formula is C13H19NO2. The molecule has 0 amide bonds. The summed E-state index contributed by atoms with van der Waals surface area (Å²) in [6.07, 6.45) is 3.93. The predicted molar refractivity (Wildman–Crippen MR) is 63.5 cm³/mol. The van der Waals surface area contributed by atoms with Gasteiger partial charge in [0.15, 0.2) is 0 Å². The maximum absolute atomic E-state index is 9.70. The first kappa shape index (κ1) is 11.3. The predicted octanol–water partition coefficient (Wildman–Crippen LogP) is 2.55. The third-order valence-electron chi connectivity index (χ3n) is 3.43. The standard InChI is InChI=1S/C13H19NO2/c1-9(14-8-10-4-2-5-10)13-11(15)6-3-7-12(13)16/h3,6-7,9-10,14-16H,2,4-5,8H2,1H3. The van der Waals surface area contributed by atoms with Crippen molar-refractivity contribution < 1.29 is 10.2 Å². The molecule has 0 aliphatic heterocycles. The lowest BCUT2D eigenvalue weighted by Crippen LogP contribution is -2.29. The zero-order valence-electron chi connectivity index (χ0n) is 9.61. The summed E-state index contributed by atoms with van der Waals surface area (Å²) in [4.78, 5) is 0. The van der Waals surface area contributed by atoms with Crippen LogP contribution in [-0.2, 0) is 0 Å². The van der Waals surface area contributed by atoms with E-state index in [-0.39, 0.29) is 17.5 Å². The molecule has 3 N–H and O–H groups in total. The minimum Gasteiger partial charge on any atom is -0.507 e. The topological polar surface area (TPSA) is 52.5 Å². The first-order valence-electron chi connectivity index (χ1n) is 5.92. The molecule has 0 bridgehead atoms. The Labute approximate surface area is 96.1 Å². The number of phenolic OH excluding ortho intramolecular Hbond substituents is 2. The van der Waals surface area contributed by atoms with E-state index >= 15 is 0 Å². The van der Waals surface area contributed by atoms with Crippen molar-refractivity contribution in [1.29, 1.82) is 0 Å². The van der Waals surface area contributed by atoms with E-state index in [1.807, 2.05) is 6.92 Å². The number of hydrogen-bond donors (Lipinski definition) is 3. The summed E-state index contributed by atoms with van der Waals surface area (Å²) in [6, 6.07) is 4.85. The van der Waals surface area contributed by atoms with Gasteiger partial charge in [-0.2, -0.15) is 0 Å². The highest BCUT2D eigenvalue weighted by atomic mass is 16.3. The van der Waals surface area contributed by atoms with Crippen LogP contribution in [0.4, 0.5) is 0 Å². The summed E-state index contributed by atoms with van der Waals surface area (Å²) in [5.41, 5.74) is 0.599. The average molecular weight is 221 g/mol. The molecule has 1 aromatic rings. The van der Waals surface area contributed by atoms with Gasteiger partial charge >= 0.3 is 0 Å². The number of rotatable bonds is 4. The van der Waals surface area contributed by atoms with Crippen molar-refractivity contribution >= 4 is 0 Å². The molecule has 3 nitrogen and oxygen atoms in total. The van der Waals surface area contributed by atoms with Gasteiger partial charge in [-0.25, -0.2) is 0 Å². The summed E-state index contributed by atoms with van der Waals surface area (Å²) in [5.74, 6) is 1.10. The van der Waals surface area contributed by atoms with Crippen LogP contribution < -0.4 is 5.32 Å². The van der Waals surface area contributed by atoms with Crippen LogP contribution in [0.2, 0.25) is 0 Å². The summed E-state index contributed by atoms with van der Waals surface area (Å²) in [7, 11) is 0. The molecule has 1 fully saturated rings. The molecule has 1 aliphatic carbocycles. The van der Waals surface area contributed by atoms with Crippen LogP contribution in [-0.4, -0.2) is 16.8 Å². The minimum atomic E-state index is -0.0122. The molecule has 0 saturated heterocycles. The van der Waals surface area contributed by atoms with Gasteiger partial charge in [-0.3, -0.25) is 0 Å². The van der Waals surface area contributed by atoms with Gasteiger partial charge in [0, 0.05) is 6.04 Å². The van der Waals surface area contributed by atoms with Crippen molar-refractivity contribution in [3.05, 3.63) is 23.8 Å². The van der Waals surface area contributed by atoms with E-state index in [9.17, 15) is 10.2 Å². The van der Waals surface area contributed by atoms with Crippen molar-refractivity contribution in [3.63, 3.8) is 0 Å². The van der Waals surface area contributed by atoms with E-state index in [0.29, 0.717) is 5.56 Å². The smallest absolute Gasteiger partial charge is 0.124 e. The highest BCUT2D eigenvalue weighted by Gasteiger charge is 2.20. The Kier molecular flexibility index (Phi) is 3.34. The van der Waals surface area contributed by atoms with E-state index < -0.39 is 0 Å². The van der Waals surface area contributed by atoms with Gasteiger partial charge in [0.1, 0.15) is 11.5 Å². The summed E-state index contributed by atoms with van der Waals surface area (Å²) < 4.78 is 0. The van der Waals surface area contributed by atoms with Crippen LogP contribution >= 0.6 is 0 Å². The normalized spacial score (nSPS) is 18.1. The zero-order valence-corrected chi connectivity index (χ0v) is 9.61. The highest BCUT2D eigenvalue weighted by molar-refractivity contribution is 5.44. The van der Waals surface area contributed by atoms with Crippen LogP contribution in [0, 0.1) is 5.92 Å². The van der Waals surface area contributed by atoms with Crippen LogP contribution in [0.15, 0.2) is 18.2 Å². The lowest BCUT2D eigenvalue weighted by Gasteiger charge is -2.27. The molecular weight excluding hydrogens is 202 g/mol. The van der Waals surface area contributed by atoms with Gasteiger partial charge in [0.2, 0.25) is 0 Å². The molecule has 0 radical (unpaired) electrons. The van der Waals surface area contributed by atoms with E-state index in [1.165, 1.54) is 19.3 Å². The van der Waals surface area contributed by atoms with Gasteiger partial charge in [-0.15, -0.1) is 0 Å². The molecule has 0 aromatic heterocycles. The fourth-order valence-corrected chi connectivity index (χ4v) is 2.13. The van der Waals surface area contributed by atoms with Gasteiger partial charge in [0.05, 0.1) is 5.56 Å². The first-order valence-corrected chi connectivity index (χ1v) is 5.92. The van der Waals surface area contributed by atoms with Crippen LogP contribution in [0.25, 0.3) is 0 Å². The molecule has 1 unspecified atom stereocenters. The van der Waals surface area contributed by atoms with E-state index in [0.717, 1.165) is 12.5 Å². The maximum Gasteiger partial charge on any atom is 0.124 e. The van der Waals surface area contributed by atoms with E-state index in [2.05, 4.69) is 5.32 Å². The third kappa shape index (κ3) is 2.30. The number of aromatic hydroxyl groups is 2. The Morgan fingerprint density at radius 3 is 2.44 bits per heavy atom. The van der Waals surface area contributed by atoms with E-state index in [1.54, 1.807) is 18.2 Å². The monoisotopic (exact) mass is 221 g/mol. The SMILES string of the molecule is CC(NCC1CCC1)c1c(O)cccc1O. The minimum absolute atomic E-state index is 0.0122. The molecule has 3 heteroatoms. The lowest BCUT2D eigenvalue weighted by atomic mass is 9.85. The van der Waals surface area contributed by atoms with Crippen LogP contribution in [0.5, 0.6) is 11.5 Å². The van der Waals surface area contributed by atoms with Crippen molar-refractivity contribution in [2.45, 2.75) is 32.2 Å². The van der Waals surface area contributed by atoms with Crippen LogP contribution in [0.1, 0.15) is 37.8 Å². The molecule has 1 aromatic carbocycles. The second-order valence-corrected chi connectivity index (χ2v) is 4.64. The molecule has 16 heavy (non-hydrogen) atoms. The lowest BCUT2D eigenvalue weighted by molar-refractivity contribution is 0.289. The summed E-state index contributed by atoms with van der Waals surface area (Å²) >= 11 is 0. The summed E-state index contributed by atoms with van der Waals surface area (Å²) in [6.45, 7) is 2.93. The second kappa shape index (κ2) is 4.74. The molecule has 0 spiro atoms. The van der Waals surface area contributed by atoms with E-state index in [4.69, 9.17) is 0 Å². The average Bonchev–Trinajstić information content (AvgIpc) is 2.15. The molecule has 2 rings (SSSR count). The van der Waals surface area contributed by atoms with Gasteiger partial charge in [-0.1, -0.05) is 12.5 Å². The second-order valence-electron chi connectivity index (χ2n) is 4.64. The fourth-order valence-electron chi connectivity index (χ4n) is 2.13. The molecule has 1 aliphatic rings. The van der Waals surface area contributed by atoms with Gasteiger partial charge in [-0.05, 0) is 44.4 Å². The van der Waals surface area contributed by atoms with Crippen molar-refractivity contribution in [2.24, 2.45) is 5.92 Å². The Bertz CT molecular complexity index is 341. The molecule has 88 valence electrons. The number of hydrogen-bond acceptors (Lipinski definition) is 3. The van der Waals surface area contributed by atoms with Gasteiger partial charge < -0.3 is 15.5 Å². The van der Waals surface area contributed by atoms with Crippen molar-refractivity contribution in [1.82, 2.24) is 5.32 Å². The number of nitrogens with one attached hydrogen (secondary N) is 1. The summed E-state index contributed by atoms with van der Waals surface area (Å²) in [5, 5.41) is 22.8. The number of benzene rings is 1. The molecule has 1 saturated carbocycles. The Hall–Kier alpha value is -1.22. The molecule has 0 heterocycles. The van der Waals surface area contributed by atoms with Crippen molar-refractivity contribution in [3.8, 4) is 11.5 Å². The van der Waals surface area contributed by atoms with Crippen LogP contribution in [0.3, 0.4) is 0 Å². The first-order chi connectivity index (χ1) is 7.68. The molecule has 1 atom stereocenters. The largest absolute Gasteiger partial charge is 0.507 e. The Morgan fingerprint density at radius 2 is 1.94 bits per heavy atom. The fraction of sp³-hybridized carbons (Fsp3) is 0.538. The quantitative estimate of drug-likeness (QED) is 0.732. The number of phenols is 2.